The molecule has 0 aliphatic carbocycles. The first kappa shape index (κ1) is 25.0. The van der Waals surface area contributed by atoms with Gasteiger partial charge in [0.1, 0.15) is 0 Å². The van der Waals surface area contributed by atoms with E-state index >= 15 is 0 Å². The van der Waals surface area contributed by atoms with Crippen LogP contribution in [0.25, 0.3) is 82.3 Å². The molecule has 44 heavy (non-hydrogen) atoms. The van der Waals surface area contributed by atoms with E-state index in [9.17, 15) is 0 Å². The standard InChI is InChI=1S/C40H25N3S/c1-3-11-26(12-4-1)34-25-35(27-13-5-2-6-14-27)42-40(41-34)28-19-21-29(22-20-28)43-36-18-10-9-17-32(36)37-33-23-24-44-39(33)31-16-8-7-15-30(31)38(37)43/h1-25H. The minimum atomic E-state index is 0.712. The van der Waals surface area contributed by atoms with Crippen molar-refractivity contribution in [2.75, 3.05) is 0 Å². The number of thiophene rings is 1. The first-order chi connectivity index (χ1) is 21.8. The average molecular weight is 580 g/mol. The van der Waals surface area contributed by atoms with Gasteiger partial charge in [-0.2, -0.15) is 0 Å². The van der Waals surface area contributed by atoms with Gasteiger partial charge < -0.3 is 4.57 Å². The van der Waals surface area contributed by atoms with Gasteiger partial charge in [0.15, 0.2) is 5.82 Å². The zero-order valence-electron chi connectivity index (χ0n) is 23.7. The smallest absolute Gasteiger partial charge is 0.160 e. The molecule has 6 aromatic carbocycles. The molecule has 0 spiro atoms. The highest BCUT2D eigenvalue weighted by Crippen LogP contribution is 2.44. The van der Waals surface area contributed by atoms with Crippen LogP contribution in [0.5, 0.6) is 0 Å². The minimum Gasteiger partial charge on any atom is -0.309 e. The Morgan fingerprint density at radius 2 is 1.07 bits per heavy atom. The summed E-state index contributed by atoms with van der Waals surface area (Å²) in [5.74, 6) is 0.712. The lowest BCUT2D eigenvalue weighted by Gasteiger charge is -2.12. The molecule has 3 heterocycles. The van der Waals surface area contributed by atoms with E-state index < -0.39 is 0 Å². The molecule has 9 rings (SSSR count). The van der Waals surface area contributed by atoms with Crippen LogP contribution < -0.4 is 0 Å². The lowest BCUT2D eigenvalue weighted by atomic mass is 10.0. The van der Waals surface area contributed by atoms with Gasteiger partial charge in [0.2, 0.25) is 0 Å². The van der Waals surface area contributed by atoms with Gasteiger partial charge in [-0.05, 0) is 47.8 Å². The minimum absolute atomic E-state index is 0.712. The van der Waals surface area contributed by atoms with Crippen LogP contribution in [0.1, 0.15) is 0 Å². The van der Waals surface area contributed by atoms with Crippen LogP contribution in [-0.2, 0) is 0 Å². The van der Waals surface area contributed by atoms with Crippen molar-refractivity contribution in [3.63, 3.8) is 0 Å². The first-order valence-corrected chi connectivity index (χ1v) is 15.6. The van der Waals surface area contributed by atoms with E-state index in [1.54, 1.807) is 0 Å². The van der Waals surface area contributed by atoms with Crippen molar-refractivity contribution in [1.82, 2.24) is 14.5 Å². The molecule has 3 nitrogen and oxygen atoms in total. The van der Waals surface area contributed by atoms with Crippen molar-refractivity contribution in [1.29, 1.82) is 0 Å². The number of fused-ring (bicyclic) bond motifs is 8. The summed E-state index contributed by atoms with van der Waals surface area (Å²) in [6.45, 7) is 0. The second-order valence-electron chi connectivity index (χ2n) is 11.0. The van der Waals surface area contributed by atoms with Crippen LogP contribution in [0.2, 0.25) is 0 Å². The molecular weight excluding hydrogens is 555 g/mol. The molecule has 0 radical (unpaired) electrons. The SMILES string of the molecule is c1ccc(-c2cc(-c3ccccc3)nc(-c3ccc(-n4c5ccccc5c5c6ccsc6c6ccccc6c54)cc3)n2)cc1. The Labute approximate surface area is 258 Å². The van der Waals surface area contributed by atoms with Gasteiger partial charge in [-0.3, -0.25) is 0 Å². The summed E-state index contributed by atoms with van der Waals surface area (Å²) in [6.07, 6.45) is 0. The zero-order chi connectivity index (χ0) is 29.0. The molecule has 0 aliphatic rings. The Balaban J connectivity index is 1.26. The Bertz CT molecular complexity index is 2420. The average Bonchev–Trinajstić information content (AvgIpc) is 3.73. The number of para-hydroxylation sites is 1. The van der Waals surface area contributed by atoms with Crippen molar-refractivity contribution >= 4 is 54.0 Å². The molecule has 0 N–H and O–H groups in total. The van der Waals surface area contributed by atoms with Gasteiger partial charge in [-0.1, -0.05) is 103 Å². The van der Waals surface area contributed by atoms with Crippen molar-refractivity contribution in [2.45, 2.75) is 0 Å². The van der Waals surface area contributed by atoms with E-state index in [1.165, 1.54) is 42.7 Å². The van der Waals surface area contributed by atoms with E-state index in [2.05, 4.69) is 119 Å². The fourth-order valence-corrected chi connectivity index (χ4v) is 7.43. The van der Waals surface area contributed by atoms with Gasteiger partial charge in [-0.25, -0.2) is 9.97 Å². The molecule has 0 amide bonds. The highest BCUT2D eigenvalue weighted by molar-refractivity contribution is 7.18. The highest BCUT2D eigenvalue weighted by Gasteiger charge is 2.19. The lowest BCUT2D eigenvalue weighted by Crippen LogP contribution is -1.97. The third kappa shape index (κ3) is 3.89. The van der Waals surface area contributed by atoms with E-state index in [1.807, 2.05) is 47.7 Å². The summed E-state index contributed by atoms with van der Waals surface area (Å²) in [5, 5.41) is 8.67. The maximum atomic E-state index is 5.04. The lowest BCUT2D eigenvalue weighted by molar-refractivity contribution is 1.17. The molecule has 0 unspecified atom stereocenters. The van der Waals surface area contributed by atoms with Crippen molar-refractivity contribution in [3.05, 3.63) is 151 Å². The normalized spacial score (nSPS) is 11.6. The van der Waals surface area contributed by atoms with E-state index in [-0.39, 0.29) is 0 Å². The molecule has 9 aromatic rings. The predicted molar refractivity (Wildman–Crippen MR) is 186 cm³/mol. The first-order valence-electron chi connectivity index (χ1n) is 14.8. The summed E-state index contributed by atoms with van der Waals surface area (Å²) in [7, 11) is 0. The fourth-order valence-electron chi connectivity index (χ4n) is 6.49. The van der Waals surface area contributed by atoms with Crippen LogP contribution in [-0.4, -0.2) is 14.5 Å². The van der Waals surface area contributed by atoms with Crippen molar-refractivity contribution in [2.24, 2.45) is 0 Å². The Kier molecular flexibility index (Phi) is 5.68. The Morgan fingerprint density at radius 3 is 1.75 bits per heavy atom. The molecule has 0 saturated heterocycles. The van der Waals surface area contributed by atoms with Gasteiger partial charge >= 0.3 is 0 Å². The number of hydrogen-bond acceptors (Lipinski definition) is 3. The van der Waals surface area contributed by atoms with Crippen molar-refractivity contribution < 1.29 is 0 Å². The third-order valence-corrected chi connectivity index (χ3v) is 9.43. The summed E-state index contributed by atoms with van der Waals surface area (Å²) < 4.78 is 3.76. The highest BCUT2D eigenvalue weighted by atomic mass is 32.1. The summed E-state index contributed by atoms with van der Waals surface area (Å²) in [5.41, 5.74) is 8.50. The van der Waals surface area contributed by atoms with Crippen LogP contribution in [0.4, 0.5) is 0 Å². The van der Waals surface area contributed by atoms with Crippen molar-refractivity contribution in [3.8, 4) is 39.6 Å². The second kappa shape index (κ2) is 10.0. The van der Waals surface area contributed by atoms with Crippen LogP contribution in [0.15, 0.2) is 151 Å². The van der Waals surface area contributed by atoms with Crippen LogP contribution in [0.3, 0.4) is 0 Å². The predicted octanol–water partition coefficient (Wildman–Crippen LogP) is 10.9. The molecule has 0 atom stereocenters. The van der Waals surface area contributed by atoms with Gasteiger partial charge in [0.25, 0.3) is 0 Å². The van der Waals surface area contributed by atoms with Gasteiger partial charge in [-0.15, -0.1) is 11.3 Å². The number of aromatic nitrogens is 3. The largest absolute Gasteiger partial charge is 0.309 e. The monoisotopic (exact) mass is 579 g/mol. The topological polar surface area (TPSA) is 30.7 Å². The molecule has 0 aliphatic heterocycles. The summed E-state index contributed by atoms with van der Waals surface area (Å²) in [4.78, 5) is 10.1. The third-order valence-electron chi connectivity index (χ3n) is 8.49. The van der Waals surface area contributed by atoms with Crippen LogP contribution in [0, 0.1) is 0 Å². The van der Waals surface area contributed by atoms with E-state index in [0.717, 1.165) is 33.8 Å². The Hall–Kier alpha value is -5.58. The maximum Gasteiger partial charge on any atom is 0.160 e. The van der Waals surface area contributed by atoms with E-state index in [4.69, 9.17) is 9.97 Å². The summed E-state index contributed by atoms with van der Waals surface area (Å²) in [6, 6.07) is 51.3. The fraction of sp³-hybridized carbons (Fsp3) is 0. The number of nitrogens with zero attached hydrogens (tertiary/aromatic N) is 3. The molecule has 0 fully saturated rings. The summed E-state index contributed by atoms with van der Waals surface area (Å²) >= 11 is 1.82. The maximum absolute atomic E-state index is 5.04. The molecule has 206 valence electrons. The molecule has 3 aromatic heterocycles. The molecule has 4 heteroatoms. The second-order valence-corrected chi connectivity index (χ2v) is 11.9. The van der Waals surface area contributed by atoms with Gasteiger partial charge in [0.05, 0.1) is 22.4 Å². The number of rotatable bonds is 4. The molecular formula is C40H25N3S. The van der Waals surface area contributed by atoms with Gasteiger partial charge in [0, 0.05) is 54.0 Å². The van der Waals surface area contributed by atoms with E-state index in [0.29, 0.717) is 5.82 Å². The number of benzene rings is 6. The number of hydrogen-bond donors (Lipinski definition) is 0. The van der Waals surface area contributed by atoms with Crippen LogP contribution >= 0.6 is 11.3 Å². The zero-order valence-corrected chi connectivity index (χ0v) is 24.5. The quantitative estimate of drug-likeness (QED) is 0.208. The Morgan fingerprint density at radius 1 is 0.477 bits per heavy atom. The molecule has 0 bridgehead atoms. The molecule has 0 saturated carbocycles.